The van der Waals surface area contributed by atoms with E-state index in [4.69, 9.17) is 11.6 Å². The molecule has 174 valence electrons. The molecular weight excluding hydrogens is 446 g/mol. The number of nitrogens with zero attached hydrogens (tertiary/aromatic N) is 2. The van der Waals surface area contributed by atoms with E-state index in [9.17, 15) is 19.2 Å². The molecule has 1 aromatic carbocycles. The number of hydrogen-bond acceptors (Lipinski definition) is 5. The summed E-state index contributed by atoms with van der Waals surface area (Å²) in [5.41, 5.74) is 1.24. The molecule has 2 heterocycles. The molecule has 2 aliphatic rings. The maximum atomic E-state index is 13.2. The van der Waals surface area contributed by atoms with Crippen LogP contribution in [0.2, 0.25) is 5.02 Å². The molecule has 10 heteroatoms. The zero-order chi connectivity index (χ0) is 24.0. The maximum absolute atomic E-state index is 13.2. The van der Waals surface area contributed by atoms with Crippen molar-refractivity contribution in [1.82, 2.24) is 15.5 Å². The van der Waals surface area contributed by atoms with Crippen molar-refractivity contribution in [3.63, 3.8) is 0 Å². The second-order valence-corrected chi connectivity index (χ2v) is 8.29. The summed E-state index contributed by atoms with van der Waals surface area (Å²) in [4.78, 5) is 55.4. The minimum atomic E-state index is -0.808. The van der Waals surface area contributed by atoms with Gasteiger partial charge in [0.25, 0.3) is 0 Å². The van der Waals surface area contributed by atoms with Crippen LogP contribution in [0.25, 0.3) is 0 Å². The van der Waals surface area contributed by atoms with Gasteiger partial charge >= 0.3 is 6.03 Å². The third kappa shape index (κ3) is 6.76. The predicted octanol–water partition coefficient (Wildman–Crippen LogP) is 2.79. The second-order valence-electron chi connectivity index (χ2n) is 7.85. The highest BCUT2D eigenvalue weighted by Crippen LogP contribution is 2.18. The van der Waals surface area contributed by atoms with Gasteiger partial charge in [-0.3, -0.25) is 29.6 Å². The van der Waals surface area contributed by atoms with Gasteiger partial charge in [0.2, 0.25) is 17.7 Å². The molecule has 2 aliphatic heterocycles. The summed E-state index contributed by atoms with van der Waals surface area (Å²) in [6.45, 7) is 3.66. The third-order valence-corrected chi connectivity index (χ3v) is 5.46. The summed E-state index contributed by atoms with van der Waals surface area (Å²) >= 11 is 5.85. The molecule has 0 spiro atoms. The van der Waals surface area contributed by atoms with Crippen molar-refractivity contribution in [1.29, 1.82) is 0 Å². The number of rotatable bonds is 4. The number of amides is 5. The minimum absolute atomic E-state index is 0.0233. The normalized spacial score (nSPS) is 24.2. The number of amidine groups is 1. The molecular formula is C23H26ClN5O4. The van der Waals surface area contributed by atoms with Crippen LogP contribution in [-0.2, 0) is 14.4 Å². The molecule has 0 radical (unpaired) electrons. The van der Waals surface area contributed by atoms with Crippen LogP contribution in [0.15, 0.2) is 53.1 Å². The lowest BCUT2D eigenvalue weighted by Crippen LogP contribution is -2.56. The number of urea groups is 1. The van der Waals surface area contributed by atoms with Gasteiger partial charge in [-0.2, -0.15) is 0 Å². The molecule has 0 saturated carbocycles. The highest BCUT2D eigenvalue weighted by Gasteiger charge is 2.36. The predicted molar refractivity (Wildman–Crippen MR) is 126 cm³/mol. The fourth-order valence-electron chi connectivity index (χ4n) is 3.62. The lowest BCUT2D eigenvalue weighted by Gasteiger charge is -2.33. The highest BCUT2D eigenvalue weighted by molar-refractivity contribution is 6.30. The van der Waals surface area contributed by atoms with Gasteiger partial charge in [-0.1, -0.05) is 29.8 Å². The van der Waals surface area contributed by atoms with E-state index in [0.29, 0.717) is 22.1 Å². The van der Waals surface area contributed by atoms with Gasteiger partial charge in [0.1, 0.15) is 11.9 Å². The summed E-state index contributed by atoms with van der Waals surface area (Å²) in [7, 11) is 0. The number of anilines is 1. The average Bonchev–Trinajstić information content (AvgIpc) is 2.75. The quantitative estimate of drug-likeness (QED) is 0.585. The van der Waals surface area contributed by atoms with E-state index in [1.165, 1.54) is 4.90 Å². The topological polar surface area (TPSA) is 120 Å². The zero-order valence-electron chi connectivity index (χ0n) is 18.4. The van der Waals surface area contributed by atoms with E-state index in [0.717, 1.165) is 0 Å². The molecule has 5 amide bonds. The SMILES string of the molecule is CC1=NC(C)/C=C\C=C(\CNC(=O)Nc2ccc(Cl)cc2)CC(=O)N1C1CCC(=O)NC1=O. The van der Waals surface area contributed by atoms with E-state index < -0.39 is 18.0 Å². The Bertz CT molecular complexity index is 1030. The van der Waals surface area contributed by atoms with E-state index in [1.54, 1.807) is 43.3 Å². The van der Waals surface area contributed by atoms with Crippen LogP contribution < -0.4 is 16.0 Å². The first kappa shape index (κ1) is 24.2. The number of carbonyl (C=O) groups excluding carboxylic acids is 4. The Labute approximate surface area is 196 Å². The van der Waals surface area contributed by atoms with Crippen LogP contribution in [0.5, 0.6) is 0 Å². The first-order valence-corrected chi connectivity index (χ1v) is 11.0. The number of hydrogen-bond donors (Lipinski definition) is 3. The first-order chi connectivity index (χ1) is 15.7. The number of piperidine rings is 1. The standard InChI is InChI=1S/C23H26ClN5O4/c1-14-4-3-5-16(13-25-23(33)27-18-8-6-17(24)7-9-18)12-21(31)29(15(2)26-14)19-10-11-20(30)28-22(19)32/h3-9,14,19H,10-13H2,1-2H3,(H2,25,27,33)(H,28,30,32)/b4-3-,16-5+,26-15?. The Hall–Kier alpha value is -3.46. The average molecular weight is 472 g/mol. The number of benzene rings is 1. The zero-order valence-corrected chi connectivity index (χ0v) is 19.2. The molecule has 3 rings (SSSR count). The van der Waals surface area contributed by atoms with Crippen LogP contribution >= 0.6 is 11.6 Å². The van der Waals surface area contributed by atoms with Crippen LogP contribution in [0, 0.1) is 0 Å². The van der Waals surface area contributed by atoms with E-state index in [2.05, 4.69) is 20.9 Å². The summed E-state index contributed by atoms with van der Waals surface area (Å²) in [5.74, 6) is -0.798. The first-order valence-electron chi connectivity index (χ1n) is 10.6. The monoisotopic (exact) mass is 471 g/mol. The Kier molecular flexibility index (Phi) is 8.00. The van der Waals surface area contributed by atoms with Gasteiger partial charge in [-0.15, -0.1) is 0 Å². The summed E-state index contributed by atoms with van der Waals surface area (Å²) in [6.07, 6.45) is 5.77. The van der Waals surface area contributed by atoms with Gasteiger partial charge in [0, 0.05) is 23.7 Å². The Morgan fingerprint density at radius 3 is 2.67 bits per heavy atom. The smallest absolute Gasteiger partial charge is 0.319 e. The Balaban J connectivity index is 1.72. The maximum Gasteiger partial charge on any atom is 0.319 e. The number of carbonyl (C=O) groups is 4. The summed E-state index contributed by atoms with van der Waals surface area (Å²) in [6, 6.07) is 5.22. The van der Waals surface area contributed by atoms with Crippen molar-refractivity contribution in [3.8, 4) is 0 Å². The van der Waals surface area contributed by atoms with Gasteiger partial charge in [0.15, 0.2) is 0 Å². The number of aliphatic imine (C=N–C) groups is 1. The van der Waals surface area contributed by atoms with Crippen molar-refractivity contribution < 1.29 is 19.2 Å². The fraction of sp³-hybridized carbons (Fsp3) is 0.348. The lowest BCUT2D eigenvalue weighted by molar-refractivity contribution is -0.142. The second kappa shape index (κ2) is 10.9. The molecule has 1 aromatic rings. The number of allylic oxidation sites excluding steroid dienone is 2. The Morgan fingerprint density at radius 1 is 1.24 bits per heavy atom. The molecule has 0 aromatic heterocycles. The molecule has 1 fully saturated rings. The lowest BCUT2D eigenvalue weighted by atomic mass is 10.0. The van der Waals surface area contributed by atoms with Crippen LogP contribution in [-0.4, -0.2) is 53.1 Å². The Morgan fingerprint density at radius 2 is 1.97 bits per heavy atom. The van der Waals surface area contributed by atoms with Crippen molar-refractivity contribution in [2.75, 3.05) is 11.9 Å². The molecule has 2 atom stereocenters. The van der Waals surface area contributed by atoms with Crippen molar-refractivity contribution >= 4 is 46.9 Å². The van der Waals surface area contributed by atoms with Gasteiger partial charge in [0.05, 0.1) is 12.5 Å². The molecule has 2 unspecified atom stereocenters. The minimum Gasteiger partial charge on any atom is -0.334 e. The molecule has 33 heavy (non-hydrogen) atoms. The molecule has 9 nitrogen and oxygen atoms in total. The number of nitrogens with one attached hydrogen (secondary N) is 3. The van der Waals surface area contributed by atoms with E-state index >= 15 is 0 Å². The van der Waals surface area contributed by atoms with Gasteiger partial charge in [-0.05, 0) is 50.1 Å². The fourth-order valence-corrected chi connectivity index (χ4v) is 3.75. The summed E-state index contributed by atoms with van der Waals surface area (Å²) in [5, 5.41) is 8.30. The molecule has 3 N–H and O–H groups in total. The van der Waals surface area contributed by atoms with Crippen LogP contribution in [0.4, 0.5) is 10.5 Å². The molecule has 0 bridgehead atoms. The van der Waals surface area contributed by atoms with Gasteiger partial charge < -0.3 is 10.6 Å². The molecule has 0 aliphatic carbocycles. The number of imide groups is 1. The van der Waals surface area contributed by atoms with Crippen LogP contribution in [0.3, 0.4) is 0 Å². The largest absolute Gasteiger partial charge is 0.334 e. The van der Waals surface area contributed by atoms with Gasteiger partial charge in [-0.25, -0.2) is 4.79 Å². The van der Waals surface area contributed by atoms with Crippen molar-refractivity contribution in [2.45, 2.75) is 45.2 Å². The summed E-state index contributed by atoms with van der Waals surface area (Å²) < 4.78 is 0. The van der Waals surface area contributed by atoms with Crippen LogP contribution in [0.1, 0.15) is 33.1 Å². The van der Waals surface area contributed by atoms with Crippen molar-refractivity contribution in [2.24, 2.45) is 4.99 Å². The third-order valence-electron chi connectivity index (χ3n) is 5.21. The van der Waals surface area contributed by atoms with E-state index in [-0.39, 0.29) is 43.7 Å². The molecule has 1 saturated heterocycles. The van der Waals surface area contributed by atoms with E-state index in [1.807, 2.05) is 13.0 Å². The van der Waals surface area contributed by atoms with Crippen molar-refractivity contribution in [3.05, 3.63) is 53.1 Å². The highest BCUT2D eigenvalue weighted by atomic mass is 35.5. The number of halogens is 1.